The first kappa shape index (κ1) is 14.6. The van der Waals surface area contributed by atoms with Crippen LogP contribution in [0.3, 0.4) is 0 Å². The van der Waals surface area contributed by atoms with E-state index in [-0.39, 0.29) is 16.7 Å². The maximum Gasteiger partial charge on any atom is 0.238 e. The Morgan fingerprint density at radius 2 is 2.06 bits per heavy atom. The highest BCUT2D eigenvalue weighted by Gasteiger charge is 2.19. The highest BCUT2D eigenvalue weighted by atomic mass is 79.9. The molecule has 0 aliphatic rings. The van der Waals surface area contributed by atoms with Crippen LogP contribution in [0.15, 0.2) is 29.2 Å². The van der Waals surface area contributed by atoms with Crippen molar-refractivity contribution >= 4 is 39.3 Å². The van der Waals surface area contributed by atoms with Crippen LogP contribution in [0.4, 0.5) is 5.69 Å². The predicted molar refractivity (Wildman–Crippen MR) is 79.0 cm³/mol. The number of nitrogens with one attached hydrogen (secondary N) is 1. The number of carbonyl (C=O) groups excluding carboxylic acids is 1. The van der Waals surface area contributed by atoms with Crippen molar-refractivity contribution in [3.05, 3.63) is 24.3 Å². The molecule has 1 atom stereocenters. The number of carbonyl (C=O) groups is 1. The van der Waals surface area contributed by atoms with E-state index in [0.29, 0.717) is 0 Å². The third-order valence-corrected chi connectivity index (χ3v) is 4.71. The summed E-state index contributed by atoms with van der Waals surface area (Å²) in [6, 6.07) is 7.90. The monoisotopic (exact) mass is 315 g/mol. The van der Waals surface area contributed by atoms with Crippen LogP contribution in [-0.4, -0.2) is 16.5 Å². The third kappa shape index (κ3) is 4.36. The molecule has 2 nitrogen and oxygen atoms in total. The Kier molecular flexibility index (Phi) is 6.06. The molecule has 0 radical (unpaired) electrons. The number of anilines is 1. The number of amides is 1. The summed E-state index contributed by atoms with van der Waals surface area (Å²) >= 11 is 5.14. The number of halogens is 1. The lowest BCUT2D eigenvalue weighted by atomic mass is 10.1. The number of hydrogen-bond donors (Lipinski definition) is 1. The molecule has 1 N–H and O–H groups in total. The number of alkyl halides is 1. The van der Waals surface area contributed by atoms with Gasteiger partial charge in [0.25, 0.3) is 0 Å². The van der Waals surface area contributed by atoms with Crippen molar-refractivity contribution < 1.29 is 4.79 Å². The van der Waals surface area contributed by atoms with E-state index >= 15 is 0 Å². The van der Waals surface area contributed by atoms with Crippen LogP contribution in [-0.2, 0) is 4.79 Å². The van der Waals surface area contributed by atoms with Gasteiger partial charge in [-0.3, -0.25) is 4.79 Å². The Morgan fingerprint density at radius 1 is 1.41 bits per heavy atom. The molecule has 1 amide bonds. The molecule has 1 rings (SSSR count). The lowest BCUT2D eigenvalue weighted by molar-refractivity contribution is -0.116. The van der Waals surface area contributed by atoms with Gasteiger partial charge in [-0.1, -0.05) is 48.8 Å². The van der Waals surface area contributed by atoms with Crippen LogP contribution in [0.1, 0.15) is 20.8 Å². The molecule has 0 bridgehead atoms. The number of para-hydroxylation sites is 1. The summed E-state index contributed by atoms with van der Waals surface area (Å²) in [6.07, 6.45) is 0. The van der Waals surface area contributed by atoms with Crippen LogP contribution >= 0.6 is 27.7 Å². The highest BCUT2D eigenvalue weighted by molar-refractivity contribution is 9.10. The second-order valence-electron chi connectivity index (χ2n) is 4.06. The molecule has 0 aromatic heterocycles. The molecule has 0 saturated heterocycles. The van der Waals surface area contributed by atoms with Crippen LogP contribution in [0, 0.1) is 5.92 Å². The molecule has 1 unspecified atom stereocenters. The van der Waals surface area contributed by atoms with Crippen molar-refractivity contribution in [3.8, 4) is 0 Å². The fraction of sp³-hybridized carbons (Fsp3) is 0.462. The van der Waals surface area contributed by atoms with Crippen molar-refractivity contribution in [3.63, 3.8) is 0 Å². The topological polar surface area (TPSA) is 29.1 Å². The SMILES string of the molecule is CCSc1ccccc1NC(=O)C(Br)C(C)C. The van der Waals surface area contributed by atoms with Gasteiger partial charge >= 0.3 is 0 Å². The highest BCUT2D eigenvalue weighted by Crippen LogP contribution is 2.27. The molecular formula is C13H18BrNOS. The summed E-state index contributed by atoms with van der Waals surface area (Å²) in [4.78, 5) is 12.9. The number of rotatable bonds is 5. The zero-order valence-corrected chi connectivity index (χ0v) is 12.8. The minimum atomic E-state index is -0.151. The summed E-state index contributed by atoms with van der Waals surface area (Å²) in [5.41, 5.74) is 0.898. The minimum Gasteiger partial charge on any atom is -0.324 e. The summed E-state index contributed by atoms with van der Waals surface area (Å²) in [6.45, 7) is 6.14. The number of thioether (sulfide) groups is 1. The zero-order chi connectivity index (χ0) is 12.8. The molecule has 0 heterocycles. The Morgan fingerprint density at radius 3 is 2.65 bits per heavy atom. The molecule has 0 aliphatic heterocycles. The first-order valence-electron chi connectivity index (χ1n) is 5.73. The first-order chi connectivity index (χ1) is 8.06. The summed E-state index contributed by atoms with van der Waals surface area (Å²) in [5.74, 6) is 1.29. The van der Waals surface area contributed by atoms with Crippen molar-refractivity contribution in [2.45, 2.75) is 30.5 Å². The molecule has 0 fully saturated rings. The van der Waals surface area contributed by atoms with Crippen molar-refractivity contribution in [2.24, 2.45) is 5.92 Å². The number of benzene rings is 1. The van der Waals surface area contributed by atoms with Gasteiger partial charge in [-0.05, 0) is 23.8 Å². The zero-order valence-electron chi connectivity index (χ0n) is 10.4. The molecule has 0 spiro atoms. The Hall–Kier alpha value is -0.480. The summed E-state index contributed by atoms with van der Waals surface area (Å²) < 4.78 is 0. The largest absolute Gasteiger partial charge is 0.324 e. The van der Waals surface area contributed by atoms with E-state index < -0.39 is 0 Å². The van der Waals surface area contributed by atoms with Gasteiger partial charge in [-0.25, -0.2) is 0 Å². The fourth-order valence-corrected chi connectivity index (χ4v) is 2.23. The molecule has 94 valence electrons. The van der Waals surface area contributed by atoms with Crippen LogP contribution in [0.25, 0.3) is 0 Å². The molecule has 4 heteroatoms. The van der Waals surface area contributed by atoms with E-state index in [2.05, 4.69) is 28.2 Å². The van der Waals surface area contributed by atoms with Crippen molar-refractivity contribution in [2.75, 3.05) is 11.1 Å². The average Bonchev–Trinajstić information content (AvgIpc) is 2.30. The van der Waals surface area contributed by atoms with Gasteiger partial charge in [-0.2, -0.15) is 0 Å². The maximum atomic E-state index is 11.9. The number of hydrogen-bond acceptors (Lipinski definition) is 2. The summed E-state index contributed by atoms with van der Waals surface area (Å²) in [7, 11) is 0. The molecule has 1 aromatic rings. The molecule has 0 saturated carbocycles. The fourth-order valence-electron chi connectivity index (χ4n) is 1.36. The second kappa shape index (κ2) is 7.07. The van der Waals surface area contributed by atoms with Gasteiger partial charge in [0.2, 0.25) is 5.91 Å². The normalized spacial score (nSPS) is 12.5. The van der Waals surface area contributed by atoms with Crippen LogP contribution in [0.2, 0.25) is 0 Å². The van der Waals surface area contributed by atoms with Crippen molar-refractivity contribution in [1.82, 2.24) is 0 Å². The lowest BCUT2D eigenvalue weighted by Gasteiger charge is -2.15. The quantitative estimate of drug-likeness (QED) is 0.653. The smallest absolute Gasteiger partial charge is 0.238 e. The van der Waals surface area contributed by atoms with E-state index in [1.807, 2.05) is 38.1 Å². The third-order valence-electron chi connectivity index (χ3n) is 2.28. The van der Waals surface area contributed by atoms with E-state index in [1.54, 1.807) is 11.8 Å². The van der Waals surface area contributed by atoms with Gasteiger partial charge in [0, 0.05) is 4.90 Å². The van der Waals surface area contributed by atoms with Gasteiger partial charge in [-0.15, -0.1) is 11.8 Å². The predicted octanol–water partition coefficient (Wildman–Crippen LogP) is 4.16. The van der Waals surface area contributed by atoms with Crippen LogP contribution < -0.4 is 5.32 Å². The van der Waals surface area contributed by atoms with Gasteiger partial charge < -0.3 is 5.32 Å². The maximum absolute atomic E-state index is 11.9. The van der Waals surface area contributed by atoms with E-state index in [0.717, 1.165) is 16.3 Å². The lowest BCUT2D eigenvalue weighted by Crippen LogP contribution is -2.27. The van der Waals surface area contributed by atoms with Gasteiger partial charge in [0.05, 0.1) is 10.5 Å². The molecule has 17 heavy (non-hydrogen) atoms. The van der Waals surface area contributed by atoms with Gasteiger partial charge in [0.1, 0.15) is 0 Å². The van der Waals surface area contributed by atoms with Crippen LogP contribution in [0.5, 0.6) is 0 Å². The minimum absolute atomic E-state index is 0.0177. The Balaban J connectivity index is 2.77. The molecular weight excluding hydrogens is 298 g/mol. The van der Waals surface area contributed by atoms with E-state index in [1.165, 1.54) is 0 Å². The van der Waals surface area contributed by atoms with E-state index in [9.17, 15) is 4.79 Å². The Labute approximate surface area is 116 Å². The van der Waals surface area contributed by atoms with E-state index in [4.69, 9.17) is 0 Å². The summed E-state index contributed by atoms with van der Waals surface area (Å²) in [5, 5.41) is 2.97. The second-order valence-corrected chi connectivity index (χ2v) is 6.36. The standard InChI is InChI=1S/C13H18BrNOS/c1-4-17-11-8-6-5-7-10(11)15-13(16)12(14)9(2)3/h5-9,12H,4H2,1-3H3,(H,15,16). The first-order valence-corrected chi connectivity index (χ1v) is 7.63. The molecule has 1 aromatic carbocycles. The average molecular weight is 316 g/mol. The Bertz CT molecular complexity index is 381. The van der Waals surface area contributed by atoms with Gasteiger partial charge in [0.15, 0.2) is 0 Å². The van der Waals surface area contributed by atoms with Crippen molar-refractivity contribution in [1.29, 1.82) is 0 Å². The molecule has 0 aliphatic carbocycles.